The molecule has 0 spiro atoms. The number of imidazole rings is 2. The third-order valence-electron chi connectivity index (χ3n) is 5.38. The monoisotopic (exact) mass is 409 g/mol. The Kier molecular flexibility index (Phi) is 4.67. The standard InChI is InChI=1S/C25H23N5O/c1-17-15-29(16-26-17)22-12-11-20(14-23(22)31-3)27-21-10-7-13-30-18(2)24(28-25(21)30)19-8-5-4-6-9-19/h4-16,27H,1-3H3. The lowest BCUT2D eigenvalue weighted by molar-refractivity contribution is 0.413. The number of ether oxygens (including phenoxy) is 1. The summed E-state index contributed by atoms with van der Waals surface area (Å²) in [5.74, 6) is 0.763. The van der Waals surface area contributed by atoms with E-state index in [1.165, 1.54) is 0 Å². The van der Waals surface area contributed by atoms with Gasteiger partial charge < -0.3 is 19.0 Å². The number of aryl methyl sites for hydroxylation is 2. The normalized spacial score (nSPS) is 11.1. The summed E-state index contributed by atoms with van der Waals surface area (Å²) in [7, 11) is 1.68. The molecule has 0 atom stereocenters. The number of pyridine rings is 1. The molecule has 0 amide bonds. The van der Waals surface area contributed by atoms with E-state index in [9.17, 15) is 0 Å². The van der Waals surface area contributed by atoms with Gasteiger partial charge in [-0.05, 0) is 38.1 Å². The van der Waals surface area contributed by atoms with Gasteiger partial charge in [-0.15, -0.1) is 0 Å². The fourth-order valence-corrected chi connectivity index (χ4v) is 3.83. The first-order valence-electron chi connectivity index (χ1n) is 10.1. The van der Waals surface area contributed by atoms with Crippen LogP contribution in [-0.2, 0) is 0 Å². The Bertz CT molecular complexity index is 1370. The highest BCUT2D eigenvalue weighted by molar-refractivity contribution is 5.79. The first-order valence-corrected chi connectivity index (χ1v) is 10.1. The first-order chi connectivity index (χ1) is 15.1. The second kappa shape index (κ2) is 7.65. The largest absolute Gasteiger partial charge is 0.494 e. The molecule has 31 heavy (non-hydrogen) atoms. The molecular formula is C25H23N5O. The van der Waals surface area contributed by atoms with Crippen LogP contribution in [0.3, 0.4) is 0 Å². The maximum Gasteiger partial charge on any atom is 0.161 e. The number of nitrogens with one attached hydrogen (secondary N) is 1. The van der Waals surface area contributed by atoms with Crippen molar-refractivity contribution in [1.82, 2.24) is 18.9 Å². The Morgan fingerprint density at radius 2 is 1.81 bits per heavy atom. The van der Waals surface area contributed by atoms with E-state index in [2.05, 4.69) is 33.8 Å². The van der Waals surface area contributed by atoms with Gasteiger partial charge in [-0.3, -0.25) is 0 Å². The molecule has 0 aliphatic heterocycles. The molecule has 0 saturated heterocycles. The van der Waals surface area contributed by atoms with Gasteiger partial charge in [0.1, 0.15) is 5.75 Å². The zero-order chi connectivity index (χ0) is 21.4. The van der Waals surface area contributed by atoms with E-state index in [0.29, 0.717) is 0 Å². The van der Waals surface area contributed by atoms with Gasteiger partial charge >= 0.3 is 0 Å². The zero-order valence-electron chi connectivity index (χ0n) is 17.7. The number of aromatic nitrogens is 4. The Balaban J connectivity index is 1.53. The fraction of sp³-hybridized carbons (Fsp3) is 0.120. The average Bonchev–Trinajstić information content (AvgIpc) is 3.38. The number of benzene rings is 2. The third kappa shape index (κ3) is 3.42. The summed E-state index contributed by atoms with van der Waals surface area (Å²) >= 11 is 0. The van der Waals surface area contributed by atoms with Crippen LogP contribution in [-0.4, -0.2) is 26.0 Å². The smallest absolute Gasteiger partial charge is 0.161 e. The van der Waals surface area contributed by atoms with Gasteiger partial charge in [0.25, 0.3) is 0 Å². The quantitative estimate of drug-likeness (QED) is 0.413. The lowest BCUT2D eigenvalue weighted by Gasteiger charge is -2.13. The van der Waals surface area contributed by atoms with Crippen LogP contribution in [0.25, 0.3) is 22.6 Å². The van der Waals surface area contributed by atoms with Gasteiger partial charge in [0.05, 0.1) is 36.2 Å². The summed E-state index contributed by atoms with van der Waals surface area (Å²) in [5, 5.41) is 3.51. The van der Waals surface area contributed by atoms with Crippen molar-refractivity contribution in [3.63, 3.8) is 0 Å². The number of hydrogen-bond donors (Lipinski definition) is 1. The minimum atomic E-state index is 0.763. The van der Waals surface area contributed by atoms with Gasteiger partial charge in [0.2, 0.25) is 0 Å². The van der Waals surface area contributed by atoms with E-state index in [4.69, 9.17) is 9.72 Å². The molecule has 3 aromatic heterocycles. The van der Waals surface area contributed by atoms with Crippen molar-refractivity contribution < 1.29 is 4.74 Å². The predicted molar refractivity (Wildman–Crippen MR) is 124 cm³/mol. The van der Waals surface area contributed by atoms with Crippen molar-refractivity contribution in [2.24, 2.45) is 0 Å². The van der Waals surface area contributed by atoms with Crippen LogP contribution in [0.5, 0.6) is 5.75 Å². The van der Waals surface area contributed by atoms with Crippen LogP contribution >= 0.6 is 0 Å². The molecule has 5 aromatic rings. The van der Waals surface area contributed by atoms with Crippen molar-refractivity contribution in [2.45, 2.75) is 13.8 Å². The Labute approximate surface area is 180 Å². The average molecular weight is 409 g/mol. The minimum Gasteiger partial charge on any atom is -0.494 e. The van der Waals surface area contributed by atoms with Gasteiger partial charge in [0, 0.05) is 35.4 Å². The number of methoxy groups -OCH3 is 1. The summed E-state index contributed by atoms with van der Waals surface area (Å²) in [5.41, 5.74) is 7.83. The molecule has 0 aliphatic carbocycles. The molecule has 2 aromatic carbocycles. The van der Waals surface area contributed by atoms with Crippen molar-refractivity contribution in [3.05, 3.63) is 90.8 Å². The molecule has 0 bridgehead atoms. The molecular weight excluding hydrogens is 386 g/mol. The van der Waals surface area contributed by atoms with Crippen LogP contribution in [0.4, 0.5) is 11.4 Å². The second-order valence-electron chi connectivity index (χ2n) is 7.46. The van der Waals surface area contributed by atoms with Gasteiger partial charge in [-0.25, -0.2) is 9.97 Å². The van der Waals surface area contributed by atoms with Crippen LogP contribution in [0, 0.1) is 13.8 Å². The molecule has 6 heteroatoms. The first kappa shape index (κ1) is 18.9. The van der Waals surface area contributed by atoms with Crippen LogP contribution in [0.15, 0.2) is 79.4 Å². The van der Waals surface area contributed by atoms with Crippen molar-refractivity contribution in [1.29, 1.82) is 0 Å². The fourth-order valence-electron chi connectivity index (χ4n) is 3.83. The van der Waals surface area contributed by atoms with Gasteiger partial charge in [0.15, 0.2) is 5.65 Å². The number of fused-ring (bicyclic) bond motifs is 1. The van der Waals surface area contributed by atoms with Gasteiger partial charge in [-0.2, -0.15) is 0 Å². The molecule has 1 N–H and O–H groups in total. The molecule has 5 rings (SSSR count). The summed E-state index contributed by atoms with van der Waals surface area (Å²) < 4.78 is 9.72. The minimum absolute atomic E-state index is 0.763. The molecule has 154 valence electrons. The zero-order valence-corrected chi connectivity index (χ0v) is 17.7. The van der Waals surface area contributed by atoms with E-state index in [-0.39, 0.29) is 0 Å². The number of anilines is 2. The third-order valence-corrected chi connectivity index (χ3v) is 5.38. The van der Waals surface area contributed by atoms with E-state index >= 15 is 0 Å². The molecule has 0 unspecified atom stereocenters. The maximum atomic E-state index is 5.65. The number of rotatable bonds is 5. The van der Waals surface area contributed by atoms with E-state index < -0.39 is 0 Å². The highest BCUT2D eigenvalue weighted by atomic mass is 16.5. The van der Waals surface area contributed by atoms with Crippen LogP contribution in [0.2, 0.25) is 0 Å². The van der Waals surface area contributed by atoms with Gasteiger partial charge in [-0.1, -0.05) is 30.3 Å². The van der Waals surface area contributed by atoms with Crippen LogP contribution in [0.1, 0.15) is 11.4 Å². The Morgan fingerprint density at radius 3 is 2.55 bits per heavy atom. The molecule has 6 nitrogen and oxygen atoms in total. The Hall–Kier alpha value is -4.06. The lowest BCUT2D eigenvalue weighted by atomic mass is 10.1. The summed E-state index contributed by atoms with van der Waals surface area (Å²) in [6.45, 7) is 4.06. The van der Waals surface area contributed by atoms with E-state index in [1.807, 2.05) is 72.4 Å². The molecule has 0 aliphatic rings. The number of hydrogen-bond acceptors (Lipinski definition) is 4. The SMILES string of the molecule is COc1cc(Nc2cccn3c(C)c(-c4ccccc4)nc23)ccc1-n1cnc(C)c1. The van der Waals surface area contributed by atoms with Crippen molar-refractivity contribution >= 4 is 17.0 Å². The summed E-state index contributed by atoms with van der Waals surface area (Å²) in [6, 6.07) is 20.4. The maximum absolute atomic E-state index is 5.65. The predicted octanol–water partition coefficient (Wildman–Crippen LogP) is 5.56. The topological polar surface area (TPSA) is 56.4 Å². The number of nitrogens with zero attached hydrogens (tertiary/aromatic N) is 4. The van der Waals surface area contributed by atoms with E-state index in [0.717, 1.165) is 51.1 Å². The molecule has 0 saturated carbocycles. The second-order valence-corrected chi connectivity index (χ2v) is 7.46. The van der Waals surface area contributed by atoms with Crippen LogP contribution < -0.4 is 10.1 Å². The van der Waals surface area contributed by atoms with Crippen molar-refractivity contribution in [3.8, 4) is 22.7 Å². The summed E-state index contributed by atoms with van der Waals surface area (Å²) in [6.07, 6.45) is 5.81. The van der Waals surface area contributed by atoms with Crippen molar-refractivity contribution in [2.75, 3.05) is 12.4 Å². The summed E-state index contributed by atoms with van der Waals surface area (Å²) in [4.78, 5) is 9.25. The Morgan fingerprint density at radius 1 is 0.968 bits per heavy atom. The van der Waals surface area contributed by atoms with E-state index in [1.54, 1.807) is 13.4 Å². The molecule has 0 fully saturated rings. The highest BCUT2D eigenvalue weighted by Gasteiger charge is 2.14. The highest BCUT2D eigenvalue weighted by Crippen LogP contribution is 2.31. The lowest BCUT2D eigenvalue weighted by Crippen LogP contribution is -1.99. The molecule has 0 radical (unpaired) electrons. The molecule has 3 heterocycles.